The van der Waals surface area contributed by atoms with Crippen molar-refractivity contribution in [3.8, 4) is 0 Å². The number of hydrogen-bond donors (Lipinski definition) is 0. The molecule has 0 aliphatic carbocycles. The van der Waals surface area contributed by atoms with Crippen LogP contribution in [0.25, 0.3) is 10.9 Å². The lowest BCUT2D eigenvalue weighted by Gasteiger charge is -2.23. The molecular weight excluding hydrogens is 404 g/mol. The van der Waals surface area contributed by atoms with E-state index < -0.39 is 0 Å². The first-order valence-corrected chi connectivity index (χ1v) is 10.0. The topological polar surface area (TPSA) is 42.3 Å². The average molecular weight is 423 g/mol. The molecule has 3 aromatic rings. The molecule has 2 aromatic carbocycles. The first kappa shape index (κ1) is 16.8. The summed E-state index contributed by atoms with van der Waals surface area (Å²) in [5.74, 6) is -0.205. The molecule has 0 bridgehead atoms. The quantitative estimate of drug-likeness (QED) is 0.580. The molecule has 3 heterocycles. The van der Waals surface area contributed by atoms with E-state index in [9.17, 15) is 9.59 Å². The average Bonchev–Trinajstić information content (AvgIpc) is 3.13. The minimum atomic E-state index is -0.205. The van der Waals surface area contributed by atoms with Crippen LogP contribution >= 0.6 is 15.9 Å². The van der Waals surface area contributed by atoms with E-state index in [1.54, 1.807) is 11.1 Å². The van der Waals surface area contributed by atoms with Crippen molar-refractivity contribution in [2.24, 2.45) is 0 Å². The molecule has 1 amide bonds. The number of hydrogen-bond acceptors (Lipinski definition) is 2. The predicted molar refractivity (Wildman–Crippen MR) is 111 cm³/mol. The third kappa shape index (κ3) is 2.34. The summed E-state index contributed by atoms with van der Waals surface area (Å²) < 4.78 is 3.10. The maximum Gasteiger partial charge on any atom is 0.264 e. The van der Waals surface area contributed by atoms with Crippen LogP contribution in [0.15, 0.2) is 51.9 Å². The summed E-state index contributed by atoms with van der Waals surface area (Å²) in [7, 11) is 0. The van der Waals surface area contributed by atoms with Crippen molar-refractivity contribution in [3.05, 3.63) is 74.0 Å². The summed E-state index contributed by atoms with van der Waals surface area (Å²) in [6.45, 7) is 4.16. The zero-order valence-corrected chi connectivity index (χ0v) is 16.8. The van der Waals surface area contributed by atoms with Crippen LogP contribution in [0.5, 0.6) is 0 Å². The standard InChI is InChI=1S/C22H19BrN2O2/c1-12-8-14-4-3-5-17-20(14)24(12)11-18(21(17)26)22(27)25-13(2)9-15-10-16(23)6-7-19(15)25/h3-7,10-13H,8-9H2,1-2H3/t12-,13-/m1/s1. The SMILES string of the molecule is C[C@@H]1Cc2cc(Br)ccc2N1C(=O)c1cn2c3c(cccc3c1=O)C[C@H]2C. The first-order valence-electron chi connectivity index (χ1n) is 9.24. The lowest BCUT2D eigenvalue weighted by Crippen LogP contribution is -2.38. The molecule has 1 aromatic heterocycles. The molecule has 0 spiro atoms. The fourth-order valence-corrected chi connectivity index (χ4v) is 5.02. The van der Waals surface area contributed by atoms with Crippen molar-refractivity contribution in [1.82, 2.24) is 4.57 Å². The van der Waals surface area contributed by atoms with Gasteiger partial charge in [-0.2, -0.15) is 0 Å². The normalized spacial score (nSPS) is 20.3. The van der Waals surface area contributed by atoms with Gasteiger partial charge in [0.2, 0.25) is 5.43 Å². The highest BCUT2D eigenvalue weighted by atomic mass is 79.9. The van der Waals surface area contributed by atoms with Crippen molar-refractivity contribution < 1.29 is 4.79 Å². The summed E-state index contributed by atoms with van der Waals surface area (Å²) in [6, 6.07) is 12.1. The molecular formula is C22H19BrN2O2. The Labute approximate surface area is 165 Å². The first-order chi connectivity index (χ1) is 13.0. The third-order valence-electron chi connectivity index (χ3n) is 5.83. The highest BCUT2D eigenvalue weighted by molar-refractivity contribution is 9.10. The molecule has 0 N–H and O–H groups in total. The second-order valence-corrected chi connectivity index (χ2v) is 8.56. The summed E-state index contributed by atoms with van der Waals surface area (Å²) in [4.78, 5) is 28.4. The van der Waals surface area contributed by atoms with E-state index in [1.165, 1.54) is 5.56 Å². The summed E-state index contributed by atoms with van der Waals surface area (Å²) >= 11 is 3.50. The van der Waals surface area contributed by atoms with Crippen LogP contribution in [-0.4, -0.2) is 16.5 Å². The summed E-state index contributed by atoms with van der Waals surface area (Å²) in [5, 5.41) is 0.644. The Morgan fingerprint density at radius 2 is 1.85 bits per heavy atom. The number of para-hydroxylation sites is 1. The minimum Gasteiger partial charge on any atom is -0.343 e. The van der Waals surface area contributed by atoms with Crippen molar-refractivity contribution in [2.75, 3.05) is 4.90 Å². The number of fused-ring (bicyclic) bond motifs is 1. The third-order valence-corrected chi connectivity index (χ3v) is 6.33. The van der Waals surface area contributed by atoms with Crippen LogP contribution in [0.2, 0.25) is 0 Å². The number of anilines is 1. The molecule has 0 saturated heterocycles. The van der Waals surface area contributed by atoms with Gasteiger partial charge in [0, 0.05) is 33.8 Å². The molecule has 2 aliphatic heterocycles. The highest BCUT2D eigenvalue weighted by Gasteiger charge is 2.34. The summed E-state index contributed by atoms with van der Waals surface area (Å²) in [5.41, 5.74) is 4.28. The Morgan fingerprint density at radius 1 is 1.07 bits per heavy atom. The molecule has 2 atom stereocenters. The van der Waals surface area contributed by atoms with E-state index in [0.717, 1.165) is 34.1 Å². The molecule has 27 heavy (non-hydrogen) atoms. The molecule has 0 fully saturated rings. The molecule has 5 rings (SSSR count). The molecule has 4 nitrogen and oxygen atoms in total. The summed E-state index contributed by atoms with van der Waals surface area (Å²) in [6.07, 6.45) is 3.46. The minimum absolute atomic E-state index is 0.0271. The van der Waals surface area contributed by atoms with E-state index >= 15 is 0 Å². The molecule has 0 saturated carbocycles. The van der Waals surface area contributed by atoms with Crippen LogP contribution in [0, 0.1) is 0 Å². The Kier molecular flexibility index (Phi) is 3.60. The van der Waals surface area contributed by atoms with Crippen LogP contribution in [0.3, 0.4) is 0 Å². The van der Waals surface area contributed by atoms with Gasteiger partial charge in [0.15, 0.2) is 0 Å². The van der Waals surface area contributed by atoms with E-state index in [-0.39, 0.29) is 29.0 Å². The van der Waals surface area contributed by atoms with Gasteiger partial charge in [-0.1, -0.05) is 28.1 Å². The largest absolute Gasteiger partial charge is 0.343 e. The van der Waals surface area contributed by atoms with Crippen molar-refractivity contribution in [3.63, 3.8) is 0 Å². The number of aromatic nitrogens is 1. The smallest absolute Gasteiger partial charge is 0.264 e. The van der Waals surface area contributed by atoms with E-state index in [0.29, 0.717) is 5.39 Å². The van der Waals surface area contributed by atoms with Gasteiger partial charge in [-0.25, -0.2) is 0 Å². The van der Waals surface area contributed by atoms with Crippen LogP contribution in [0.1, 0.15) is 41.4 Å². The number of rotatable bonds is 1. The Balaban J connectivity index is 1.69. The lowest BCUT2D eigenvalue weighted by molar-refractivity contribution is 0.0980. The van der Waals surface area contributed by atoms with E-state index in [4.69, 9.17) is 0 Å². The fourth-order valence-electron chi connectivity index (χ4n) is 4.61. The van der Waals surface area contributed by atoms with Gasteiger partial charge in [0.1, 0.15) is 5.56 Å². The van der Waals surface area contributed by atoms with Gasteiger partial charge in [0.05, 0.1) is 5.52 Å². The Bertz CT molecular complexity index is 1180. The van der Waals surface area contributed by atoms with Gasteiger partial charge in [-0.3, -0.25) is 9.59 Å². The second-order valence-electron chi connectivity index (χ2n) is 7.65. The number of carbonyl (C=O) groups is 1. The molecule has 2 aliphatic rings. The molecule has 0 unspecified atom stereocenters. The number of pyridine rings is 1. The number of nitrogens with zero attached hydrogens (tertiary/aromatic N) is 2. The van der Waals surface area contributed by atoms with Crippen LogP contribution in [-0.2, 0) is 12.8 Å². The van der Waals surface area contributed by atoms with Crippen LogP contribution in [0.4, 0.5) is 5.69 Å². The van der Waals surface area contributed by atoms with Crippen molar-refractivity contribution >= 4 is 38.4 Å². The molecule has 5 heteroatoms. The van der Waals surface area contributed by atoms with Gasteiger partial charge < -0.3 is 9.47 Å². The second kappa shape index (κ2) is 5.80. The predicted octanol–water partition coefficient (Wildman–Crippen LogP) is 4.47. The number of halogens is 1. The highest BCUT2D eigenvalue weighted by Crippen LogP contribution is 2.36. The van der Waals surface area contributed by atoms with E-state index in [1.807, 2.05) is 31.2 Å². The van der Waals surface area contributed by atoms with E-state index in [2.05, 4.69) is 39.6 Å². The molecule has 136 valence electrons. The van der Waals surface area contributed by atoms with Gasteiger partial charge >= 0.3 is 0 Å². The fraction of sp³-hybridized carbons (Fsp3) is 0.273. The Hall–Kier alpha value is -2.40. The zero-order valence-electron chi connectivity index (χ0n) is 15.2. The maximum absolute atomic E-state index is 13.5. The lowest BCUT2D eigenvalue weighted by atomic mass is 10.1. The number of benzene rings is 2. The van der Waals surface area contributed by atoms with Gasteiger partial charge in [0.25, 0.3) is 5.91 Å². The zero-order chi connectivity index (χ0) is 18.9. The van der Waals surface area contributed by atoms with Crippen molar-refractivity contribution in [1.29, 1.82) is 0 Å². The molecule has 0 radical (unpaired) electrons. The number of amides is 1. The van der Waals surface area contributed by atoms with Crippen LogP contribution < -0.4 is 10.3 Å². The van der Waals surface area contributed by atoms with Gasteiger partial charge in [-0.05, 0) is 62.1 Å². The van der Waals surface area contributed by atoms with Gasteiger partial charge in [-0.15, -0.1) is 0 Å². The van der Waals surface area contributed by atoms with Crippen molar-refractivity contribution in [2.45, 2.75) is 38.8 Å². The maximum atomic E-state index is 13.5. The Morgan fingerprint density at radius 3 is 2.67 bits per heavy atom. The monoisotopic (exact) mass is 422 g/mol. The number of carbonyl (C=O) groups excluding carboxylic acids is 1.